The second-order valence-electron chi connectivity index (χ2n) is 4.36. The summed E-state index contributed by atoms with van der Waals surface area (Å²) in [5, 5.41) is 3.58. The molecule has 0 radical (unpaired) electrons. The van der Waals surface area contributed by atoms with Crippen molar-refractivity contribution in [2.45, 2.75) is 17.7 Å². The number of hydrogen-bond acceptors (Lipinski definition) is 3. The Morgan fingerprint density at radius 1 is 1.28 bits per heavy atom. The highest BCUT2D eigenvalue weighted by molar-refractivity contribution is 7.90. The smallest absolute Gasteiger partial charge is 0.286 e. The molecule has 18 heavy (non-hydrogen) atoms. The summed E-state index contributed by atoms with van der Waals surface area (Å²) in [5.41, 5.74) is 0.513. The van der Waals surface area contributed by atoms with E-state index >= 15 is 0 Å². The second-order valence-corrected chi connectivity index (χ2v) is 6.37. The third-order valence-electron chi connectivity index (χ3n) is 3.10. The summed E-state index contributed by atoms with van der Waals surface area (Å²) in [6.45, 7) is 0. The molecule has 1 aromatic carbocycles. The van der Waals surface area contributed by atoms with Crippen LogP contribution < -0.4 is 5.32 Å². The normalized spacial score (nSPS) is 21.3. The molecule has 0 spiro atoms. The molecule has 0 saturated heterocycles. The second kappa shape index (κ2) is 4.10. The zero-order chi connectivity index (χ0) is 12.8. The van der Waals surface area contributed by atoms with Crippen molar-refractivity contribution in [3.63, 3.8) is 0 Å². The van der Waals surface area contributed by atoms with Crippen molar-refractivity contribution in [1.29, 1.82) is 0 Å². The number of benzene rings is 1. The fraction of sp³-hybridized carbons (Fsp3) is 0.250. The summed E-state index contributed by atoms with van der Waals surface area (Å²) < 4.78 is 28.0. The Morgan fingerprint density at radius 3 is 2.72 bits per heavy atom. The van der Waals surface area contributed by atoms with Crippen LogP contribution in [0.3, 0.4) is 0 Å². The highest BCUT2D eigenvalue weighted by Gasteiger charge is 2.29. The van der Waals surface area contributed by atoms with Gasteiger partial charge in [-0.05, 0) is 31.0 Å². The molecule has 1 aliphatic carbocycles. The van der Waals surface area contributed by atoms with Crippen molar-refractivity contribution >= 4 is 33.1 Å². The first kappa shape index (κ1) is 11.7. The molecule has 4 nitrogen and oxygen atoms in total. The maximum absolute atomic E-state index is 12.1. The van der Waals surface area contributed by atoms with E-state index < -0.39 is 10.0 Å². The van der Waals surface area contributed by atoms with Crippen LogP contribution in [0.5, 0.6) is 0 Å². The number of anilines is 1. The molecule has 1 aliphatic heterocycles. The molecule has 0 unspecified atom stereocenters. The van der Waals surface area contributed by atoms with Crippen LogP contribution >= 0.6 is 11.6 Å². The Bertz CT molecular complexity index is 657. The van der Waals surface area contributed by atoms with Gasteiger partial charge in [-0.3, -0.25) is 0 Å². The number of halogens is 1. The summed E-state index contributed by atoms with van der Waals surface area (Å²) in [5.74, 6) is 0.627. The van der Waals surface area contributed by atoms with Gasteiger partial charge in [0.15, 0.2) is 0 Å². The Hall–Kier alpha value is -1.33. The first-order valence-electron chi connectivity index (χ1n) is 5.63. The predicted octanol–water partition coefficient (Wildman–Crippen LogP) is 2.82. The van der Waals surface area contributed by atoms with Crippen molar-refractivity contribution in [1.82, 2.24) is 0 Å². The number of amidine groups is 1. The molecule has 0 amide bonds. The molecule has 0 aromatic heterocycles. The number of nitrogens with one attached hydrogen (secondary N) is 1. The third-order valence-corrected chi connectivity index (χ3v) is 4.68. The van der Waals surface area contributed by atoms with Crippen molar-refractivity contribution in [3.8, 4) is 0 Å². The fourth-order valence-corrected chi connectivity index (χ4v) is 3.53. The van der Waals surface area contributed by atoms with Crippen LogP contribution in [-0.4, -0.2) is 14.3 Å². The molecular weight excluding hydrogens is 272 g/mol. The Morgan fingerprint density at radius 2 is 2.00 bits per heavy atom. The monoisotopic (exact) mass is 282 g/mol. The van der Waals surface area contributed by atoms with Gasteiger partial charge in [-0.1, -0.05) is 23.8 Å². The van der Waals surface area contributed by atoms with Crippen LogP contribution in [0, 0.1) is 5.92 Å². The maximum Gasteiger partial charge on any atom is 0.286 e. The summed E-state index contributed by atoms with van der Waals surface area (Å²) >= 11 is 5.89. The number of sulfonamides is 1. The minimum atomic E-state index is -3.61. The van der Waals surface area contributed by atoms with E-state index in [1.165, 1.54) is 6.07 Å². The fourth-order valence-electron chi connectivity index (χ4n) is 2.18. The van der Waals surface area contributed by atoms with E-state index in [0.717, 1.165) is 12.8 Å². The summed E-state index contributed by atoms with van der Waals surface area (Å²) in [7, 11) is -3.61. The van der Waals surface area contributed by atoms with Crippen molar-refractivity contribution < 1.29 is 8.42 Å². The van der Waals surface area contributed by atoms with E-state index in [9.17, 15) is 8.42 Å². The number of allylic oxidation sites excluding steroid dienone is 2. The van der Waals surface area contributed by atoms with Crippen LogP contribution in [0.2, 0.25) is 5.02 Å². The standard InChI is InChI=1S/C12H11ClN2O2S/c13-9-5-6-11-10(7-9)14-12(15-18(11,16)17)8-3-1-2-4-8/h1-2,5-8H,3-4H2,(H,14,15). The molecule has 0 saturated carbocycles. The molecule has 94 valence electrons. The molecule has 3 rings (SSSR count). The van der Waals surface area contributed by atoms with Gasteiger partial charge in [-0.2, -0.15) is 8.42 Å². The zero-order valence-corrected chi connectivity index (χ0v) is 11.0. The lowest BCUT2D eigenvalue weighted by molar-refractivity contribution is 0.596. The van der Waals surface area contributed by atoms with Crippen molar-refractivity contribution in [3.05, 3.63) is 35.4 Å². The summed E-state index contributed by atoms with van der Waals surface area (Å²) in [6.07, 6.45) is 5.71. The molecule has 1 aromatic rings. The van der Waals surface area contributed by atoms with Crippen LogP contribution in [0.15, 0.2) is 39.6 Å². The lowest BCUT2D eigenvalue weighted by Crippen LogP contribution is -2.27. The number of nitrogens with zero attached hydrogens (tertiary/aromatic N) is 1. The van der Waals surface area contributed by atoms with Gasteiger partial charge in [0.25, 0.3) is 10.0 Å². The average Bonchev–Trinajstić information content (AvgIpc) is 2.80. The van der Waals surface area contributed by atoms with E-state index in [1.807, 2.05) is 12.2 Å². The van der Waals surface area contributed by atoms with Gasteiger partial charge in [0.1, 0.15) is 10.7 Å². The van der Waals surface area contributed by atoms with E-state index in [-0.39, 0.29) is 10.8 Å². The summed E-state index contributed by atoms with van der Waals surface area (Å²) in [4.78, 5) is 0.182. The predicted molar refractivity (Wildman–Crippen MR) is 71.6 cm³/mol. The SMILES string of the molecule is O=S1(=O)N=C(C2CC=CC2)Nc2cc(Cl)ccc21. The molecule has 2 aliphatic rings. The lowest BCUT2D eigenvalue weighted by Gasteiger charge is -2.21. The van der Waals surface area contributed by atoms with Gasteiger partial charge in [0.2, 0.25) is 0 Å². The molecular formula is C12H11ClN2O2S. The van der Waals surface area contributed by atoms with Gasteiger partial charge in [-0.25, -0.2) is 0 Å². The minimum absolute atomic E-state index is 0.118. The molecule has 1 heterocycles. The quantitative estimate of drug-likeness (QED) is 0.806. The minimum Gasteiger partial charge on any atom is -0.342 e. The first-order chi connectivity index (χ1) is 8.56. The highest BCUT2D eigenvalue weighted by Crippen LogP contribution is 2.32. The van der Waals surface area contributed by atoms with E-state index in [2.05, 4.69) is 9.71 Å². The van der Waals surface area contributed by atoms with Crippen LogP contribution in [0.25, 0.3) is 0 Å². The molecule has 0 bridgehead atoms. The van der Waals surface area contributed by atoms with Gasteiger partial charge >= 0.3 is 0 Å². The average molecular weight is 283 g/mol. The van der Waals surface area contributed by atoms with E-state index in [0.29, 0.717) is 16.5 Å². The maximum atomic E-state index is 12.1. The number of hydrogen-bond donors (Lipinski definition) is 1. The largest absolute Gasteiger partial charge is 0.342 e. The van der Waals surface area contributed by atoms with Gasteiger partial charge in [0.05, 0.1) is 5.69 Å². The number of fused-ring (bicyclic) bond motifs is 1. The Labute approximate surface area is 110 Å². The molecule has 1 N–H and O–H groups in total. The van der Waals surface area contributed by atoms with Crippen LogP contribution in [-0.2, 0) is 10.0 Å². The van der Waals surface area contributed by atoms with Gasteiger partial charge in [-0.15, -0.1) is 4.40 Å². The summed E-state index contributed by atoms with van der Waals surface area (Å²) in [6, 6.07) is 4.65. The van der Waals surface area contributed by atoms with E-state index in [4.69, 9.17) is 11.6 Å². The van der Waals surface area contributed by atoms with E-state index in [1.54, 1.807) is 12.1 Å². The molecule has 0 fully saturated rings. The third kappa shape index (κ3) is 1.93. The molecule has 0 atom stereocenters. The van der Waals surface area contributed by atoms with Crippen LogP contribution in [0.1, 0.15) is 12.8 Å². The Kier molecular flexibility index (Phi) is 2.68. The molecule has 6 heteroatoms. The van der Waals surface area contributed by atoms with Gasteiger partial charge < -0.3 is 5.32 Å². The van der Waals surface area contributed by atoms with Crippen molar-refractivity contribution in [2.75, 3.05) is 5.32 Å². The topological polar surface area (TPSA) is 58.5 Å². The highest BCUT2D eigenvalue weighted by atomic mass is 35.5. The number of rotatable bonds is 1. The van der Waals surface area contributed by atoms with Crippen LogP contribution in [0.4, 0.5) is 5.69 Å². The lowest BCUT2D eigenvalue weighted by atomic mass is 10.1. The van der Waals surface area contributed by atoms with Crippen molar-refractivity contribution in [2.24, 2.45) is 10.3 Å². The zero-order valence-electron chi connectivity index (χ0n) is 9.43. The van der Waals surface area contributed by atoms with Gasteiger partial charge in [0, 0.05) is 10.9 Å². The first-order valence-corrected chi connectivity index (χ1v) is 7.44. The Balaban J connectivity index is 2.06.